The van der Waals surface area contributed by atoms with E-state index in [1.807, 2.05) is 25.1 Å². The van der Waals surface area contributed by atoms with Crippen molar-refractivity contribution in [3.05, 3.63) is 48.6 Å². The van der Waals surface area contributed by atoms with Crippen LogP contribution in [0.5, 0.6) is 0 Å². The van der Waals surface area contributed by atoms with Crippen LogP contribution >= 0.6 is 0 Å². The molecule has 92 valence electrons. The normalized spacial score (nSPS) is 30.1. The second kappa shape index (κ2) is 5.01. The summed E-state index contributed by atoms with van der Waals surface area (Å²) in [6.07, 6.45) is 2.38. The molecule has 0 radical (unpaired) electrons. The van der Waals surface area contributed by atoms with Gasteiger partial charge in [0.25, 0.3) is 0 Å². The van der Waals surface area contributed by atoms with Crippen LogP contribution in [0.25, 0.3) is 0 Å². The van der Waals surface area contributed by atoms with Gasteiger partial charge in [-0.2, -0.15) is 0 Å². The average Bonchev–Trinajstić information content (AvgIpc) is 2.35. The van der Waals surface area contributed by atoms with Crippen molar-refractivity contribution in [3.63, 3.8) is 0 Å². The van der Waals surface area contributed by atoms with Crippen LogP contribution in [0.3, 0.4) is 0 Å². The summed E-state index contributed by atoms with van der Waals surface area (Å²) in [5.41, 5.74) is 0.0148. The third-order valence-electron chi connectivity index (χ3n) is 3.75. The maximum atomic E-state index is 14.5. The van der Waals surface area contributed by atoms with Gasteiger partial charge in [-0.25, -0.2) is 4.39 Å². The third-order valence-corrected chi connectivity index (χ3v) is 3.75. The Labute approximate surface area is 103 Å². The maximum Gasteiger partial charge on any atom is 0.144 e. The Balaban J connectivity index is 2.02. The van der Waals surface area contributed by atoms with Crippen LogP contribution in [0, 0.1) is 5.92 Å². The van der Waals surface area contributed by atoms with Crippen molar-refractivity contribution < 1.29 is 4.39 Å². The summed E-state index contributed by atoms with van der Waals surface area (Å²) in [7, 11) is 0. The number of likely N-dealkylation sites (tertiary alicyclic amines) is 1. The summed E-state index contributed by atoms with van der Waals surface area (Å²) in [5.74, 6) is 0.0759. The van der Waals surface area contributed by atoms with Crippen molar-refractivity contribution in [1.29, 1.82) is 0 Å². The van der Waals surface area contributed by atoms with E-state index in [0.29, 0.717) is 6.54 Å². The van der Waals surface area contributed by atoms with E-state index < -0.39 is 5.67 Å². The highest BCUT2D eigenvalue weighted by Gasteiger charge is 2.38. The highest BCUT2D eigenvalue weighted by molar-refractivity contribution is 5.15. The molecule has 1 saturated heterocycles. The van der Waals surface area contributed by atoms with E-state index in [0.717, 1.165) is 19.5 Å². The molecule has 1 heterocycles. The zero-order chi connectivity index (χ0) is 12.3. The van der Waals surface area contributed by atoms with Gasteiger partial charge in [-0.1, -0.05) is 49.9 Å². The van der Waals surface area contributed by atoms with Crippen LogP contribution in [0.15, 0.2) is 43.0 Å². The highest BCUT2D eigenvalue weighted by atomic mass is 19.1. The summed E-state index contributed by atoms with van der Waals surface area (Å²) < 4.78 is 14.5. The number of benzene rings is 1. The molecule has 0 N–H and O–H groups in total. The summed E-state index contributed by atoms with van der Waals surface area (Å²) in [4.78, 5) is 2.18. The van der Waals surface area contributed by atoms with Crippen LogP contribution in [-0.2, 0) is 6.54 Å². The van der Waals surface area contributed by atoms with E-state index in [9.17, 15) is 4.39 Å². The number of hydrogen-bond acceptors (Lipinski definition) is 1. The molecule has 0 aliphatic carbocycles. The van der Waals surface area contributed by atoms with E-state index in [1.54, 1.807) is 0 Å². The molecule has 0 saturated carbocycles. The van der Waals surface area contributed by atoms with Crippen LogP contribution in [0.1, 0.15) is 18.9 Å². The number of piperidine rings is 1. The minimum absolute atomic E-state index is 0.0759. The predicted octanol–water partition coefficient (Wildman–Crippen LogP) is 3.42. The lowest BCUT2D eigenvalue weighted by Gasteiger charge is -2.40. The van der Waals surface area contributed by atoms with E-state index in [1.165, 1.54) is 11.6 Å². The molecular weight excluding hydrogens is 213 g/mol. The van der Waals surface area contributed by atoms with Crippen molar-refractivity contribution in [1.82, 2.24) is 4.90 Å². The molecule has 2 heteroatoms. The van der Waals surface area contributed by atoms with E-state index in [2.05, 4.69) is 23.6 Å². The van der Waals surface area contributed by atoms with Gasteiger partial charge in [0.15, 0.2) is 0 Å². The first-order valence-corrected chi connectivity index (χ1v) is 6.23. The molecule has 1 aromatic rings. The molecule has 2 unspecified atom stereocenters. The average molecular weight is 233 g/mol. The SMILES string of the molecule is C=CC1(F)CN(Cc2ccccc2)CCC1C. The lowest BCUT2D eigenvalue weighted by Crippen LogP contribution is -2.48. The Kier molecular flexibility index (Phi) is 3.63. The standard InChI is InChI=1S/C15H20FN/c1-3-15(16)12-17(10-9-13(15)2)11-14-7-5-4-6-8-14/h3-8,13H,1,9-12H2,2H3. The maximum absolute atomic E-state index is 14.5. The molecule has 0 amide bonds. The van der Waals surface area contributed by atoms with Gasteiger partial charge >= 0.3 is 0 Å². The molecule has 2 atom stereocenters. The summed E-state index contributed by atoms with van der Waals surface area (Å²) >= 11 is 0. The molecule has 17 heavy (non-hydrogen) atoms. The Morgan fingerprint density at radius 1 is 1.47 bits per heavy atom. The van der Waals surface area contributed by atoms with Gasteiger partial charge in [0.2, 0.25) is 0 Å². The molecule has 1 aliphatic heterocycles. The van der Waals surface area contributed by atoms with Crippen LogP contribution in [0.4, 0.5) is 4.39 Å². The van der Waals surface area contributed by atoms with Gasteiger partial charge in [-0.15, -0.1) is 0 Å². The van der Waals surface area contributed by atoms with Crippen LogP contribution in [-0.4, -0.2) is 23.7 Å². The Bertz CT molecular complexity index is 376. The first-order valence-electron chi connectivity index (χ1n) is 6.23. The second-order valence-corrected chi connectivity index (χ2v) is 5.02. The van der Waals surface area contributed by atoms with Crippen LogP contribution < -0.4 is 0 Å². The molecule has 1 aliphatic rings. The number of hydrogen-bond donors (Lipinski definition) is 0. The summed E-state index contributed by atoms with van der Waals surface area (Å²) in [5, 5.41) is 0. The van der Waals surface area contributed by atoms with E-state index in [4.69, 9.17) is 0 Å². The smallest absolute Gasteiger partial charge is 0.144 e. The van der Waals surface area contributed by atoms with Gasteiger partial charge in [-0.3, -0.25) is 4.90 Å². The lowest BCUT2D eigenvalue weighted by molar-refractivity contribution is 0.0324. The molecule has 0 bridgehead atoms. The number of halogens is 1. The van der Waals surface area contributed by atoms with Gasteiger partial charge in [0, 0.05) is 13.1 Å². The van der Waals surface area contributed by atoms with Gasteiger partial charge in [0.05, 0.1) is 0 Å². The molecule has 0 spiro atoms. The van der Waals surface area contributed by atoms with E-state index in [-0.39, 0.29) is 5.92 Å². The summed E-state index contributed by atoms with van der Waals surface area (Å²) in [6, 6.07) is 10.2. The zero-order valence-corrected chi connectivity index (χ0v) is 10.4. The van der Waals surface area contributed by atoms with Crippen molar-refractivity contribution in [3.8, 4) is 0 Å². The minimum atomic E-state index is -1.23. The lowest BCUT2D eigenvalue weighted by atomic mass is 9.84. The molecule has 0 aromatic heterocycles. The van der Waals surface area contributed by atoms with Crippen molar-refractivity contribution in [2.45, 2.75) is 25.6 Å². The first-order chi connectivity index (χ1) is 8.14. The largest absolute Gasteiger partial charge is 0.296 e. The summed E-state index contributed by atoms with van der Waals surface area (Å²) in [6.45, 7) is 7.88. The Hall–Kier alpha value is -1.15. The fourth-order valence-electron chi connectivity index (χ4n) is 2.44. The van der Waals surface area contributed by atoms with Crippen LogP contribution in [0.2, 0.25) is 0 Å². The number of nitrogens with zero attached hydrogens (tertiary/aromatic N) is 1. The Morgan fingerprint density at radius 3 is 2.82 bits per heavy atom. The minimum Gasteiger partial charge on any atom is -0.296 e. The van der Waals surface area contributed by atoms with Gasteiger partial charge in [0.1, 0.15) is 5.67 Å². The topological polar surface area (TPSA) is 3.24 Å². The predicted molar refractivity (Wildman–Crippen MR) is 69.5 cm³/mol. The van der Waals surface area contributed by atoms with Gasteiger partial charge < -0.3 is 0 Å². The van der Waals surface area contributed by atoms with Crippen molar-refractivity contribution in [2.24, 2.45) is 5.92 Å². The monoisotopic (exact) mass is 233 g/mol. The highest BCUT2D eigenvalue weighted by Crippen LogP contribution is 2.32. The molecule has 1 aromatic carbocycles. The molecular formula is C15H20FN. The third kappa shape index (κ3) is 2.75. The fraction of sp³-hybridized carbons (Fsp3) is 0.467. The zero-order valence-electron chi connectivity index (χ0n) is 10.4. The Morgan fingerprint density at radius 2 is 2.18 bits per heavy atom. The fourth-order valence-corrected chi connectivity index (χ4v) is 2.44. The molecule has 1 nitrogen and oxygen atoms in total. The van der Waals surface area contributed by atoms with Gasteiger partial charge in [-0.05, 0) is 24.4 Å². The first kappa shape index (κ1) is 12.3. The van der Waals surface area contributed by atoms with Crippen molar-refractivity contribution >= 4 is 0 Å². The second-order valence-electron chi connectivity index (χ2n) is 5.02. The number of rotatable bonds is 3. The van der Waals surface area contributed by atoms with E-state index >= 15 is 0 Å². The number of alkyl halides is 1. The quantitative estimate of drug-likeness (QED) is 0.723. The molecule has 1 fully saturated rings. The van der Waals surface area contributed by atoms with Crippen molar-refractivity contribution in [2.75, 3.05) is 13.1 Å². The molecule has 2 rings (SSSR count).